The molecule has 1 N–H and O–H groups in total. The summed E-state index contributed by atoms with van der Waals surface area (Å²) >= 11 is 3.78. The highest BCUT2D eigenvalue weighted by Gasteiger charge is 2.58. The van der Waals surface area contributed by atoms with Crippen molar-refractivity contribution in [2.24, 2.45) is 46.8 Å². The molecule has 0 radical (unpaired) electrons. The molecule has 4 fully saturated rings. The number of aliphatic hydroxyl groups is 1. The lowest BCUT2D eigenvalue weighted by Gasteiger charge is -2.57. The molecule has 1 unspecified atom stereocenters. The van der Waals surface area contributed by atoms with E-state index in [1.807, 2.05) is 0 Å². The van der Waals surface area contributed by atoms with Gasteiger partial charge in [-0.3, -0.25) is 0 Å². The van der Waals surface area contributed by atoms with Gasteiger partial charge in [0.25, 0.3) is 0 Å². The van der Waals surface area contributed by atoms with Crippen LogP contribution < -0.4 is 0 Å². The standard InChI is InChI=1S/C25H43BrO/c1-4-5-12-25(27)14-11-19-18(15-25)6-7-21-20(19)10-13-24(3)22(17(2)16-26)8-9-23(21)24/h17-23,27H,4-16H2,1-3H3/t17?,18-,19+,20-,21-,22-,23+,24-,25-/m1/s1. The summed E-state index contributed by atoms with van der Waals surface area (Å²) in [5, 5.41) is 12.3. The summed E-state index contributed by atoms with van der Waals surface area (Å²) in [6, 6.07) is 0. The number of hydrogen-bond acceptors (Lipinski definition) is 1. The van der Waals surface area contributed by atoms with Crippen molar-refractivity contribution in [3.05, 3.63) is 0 Å². The molecule has 0 amide bonds. The van der Waals surface area contributed by atoms with E-state index < -0.39 is 0 Å². The lowest BCUT2D eigenvalue weighted by Crippen LogP contribution is -2.51. The molecular weight excluding hydrogens is 396 g/mol. The summed E-state index contributed by atoms with van der Waals surface area (Å²) in [6.07, 6.45) is 15.8. The minimum Gasteiger partial charge on any atom is -0.390 e. The van der Waals surface area contributed by atoms with Gasteiger partial charge in [-0.25, -0.2) is 0 Å². The summed E-state index contributed by atoms with van der Waals surface area (Å²) in [7, 11) is 0. The second kappa shape index (κ2) is 7.93. The lowest BCUT2D eigenvalue weighted by molar-refractivity contribution is -0.110. The Morgan fingerprint density at radius 2 is 1.78 bits per heavy atom. The first kappa shape index (κ1) is 20.7. The van der Waals surface area contributed by atoms with Crippen LogP contribution in [-0.2, 0) is 0 Å². The molecule has 0 aromatic carbocycles. The van der Waals surface area contributed by atoms with Gasteiger partial charge in [0.1, 0.15) is 0 Å². The van der Waals surface area contributed by atoms with Crippen LogP contribution in [0.2, 0.25) is 0 Å². The predicted octanol–water partition coefficient (Wildman–Crippen LogP) is 7.21. The highest BCUT2D eigenvalue weighted by molar-refractivity contribution is 9.09. The van der Waals surface area contributed by atoms with Crippen LogP contribution in [0, 0.1) is 46.8 Å². The third-order valence-electron chi connectivity index (χ3n) is 10.1. The maximum Gasteiger partial charge on any atom is 0.0650 e. The van der Waals surface area contributed by atoms with Gasteiger partial charge in [0.15, 0.2) is 0 Å². The van der Waals surface area contributed by atoms with Crippen LogP contribution in [0.3, 0.4) is 0 Å². The normalized spacial score (nSPS) is 50.6. The topological polar surface area (TPSA) is 20.2 Å². The highest BCUT2D eigenvalue weighted by atomic mass is 79.9. The van der Waals surface area contributed by atoms with Gasteiger partial charge in [0.2, 0.25) is 0 Å². The molecule has 4 rings (SSSR count). The monoisotopic (exact) mass is 438 g/mol. The largest absolute Gasteiger partial charge is 0.390 e. The fourth-order valence-corrected chi connectivity index (χ4v) is 9.23. The molecule has 9 atom stereocenters. The van der Waals surface area contributed by atoms with E-state index in [9.17, 15) is 5.11 Å². The average molecular weight is 440 g/mol. The van der Waals surface area contributed by atoms with Crippen molar-refractivity contribution in [2.45, 2.75) is 103 Å². The Kier molecular flexibility index (Phi) is 6.08. The number of hydrogen-bond donors (Lipinski definition) is 1. The van der Waals surface area contributed by atoms with Crippen LogP contribution in [0.4, 0.5) is 0 Å². The van der Waals surface area contributed by atoms with E-state index in [0.29, 0.717) is 5.41 Å². The fourth-order valence-electron chi connectivity index (χ4n) is 8.78. The predicted molar refractivity (Wildman–Crippen MR) is 118 cm³/mol. The van der Waals surface area contributed by atoms with Crippen molar-refractivity contribution < 1.29 is 5.11 Å². The van der Waals surface area contributed by atoms with Gasteiger partial charge in [-0.15, -0.1) is 0 Å². The van der Waals surface area contributed by atoms with Gasteiger partial charge in [-0.05, 0) is 111 Å². The van der Waals surface area contributed by atoms with Gasteiger partial charge < -0.3 is 5.11 Å². The molecule has 0 aliphatic heterocycles. The summed E-state index contributed by atoms with van der Waals surface area (Å²) in [6.45, 7) is 7.40. The molecule has 0 saturated heterocycles. The first-order valence-electron chi connectivity index (χ1n) is 12.2. The Morgan fingerprint density at radius 3 is 2.52 bits per heavy atom. The number of fused-ring (bicyclic) bond motifs is 5. The van der Waals surface area contributed by atoms with Gasteiger partial charge >= 0.3 is 0 Å². The summed E-state index contributed by atoms with van der Waals surface area (Å²) < 4.78 is 0. The molecule has 0 aromatic heterocycles. The minimum atomic E-state index is -0.322. The van der Waals surface area contributed by atoms with E-state index in [-0.39, 0.29) is 5.60 Å². The van der Waals surface area contributed by atoms with E-state index >= 15 is 0 Å². The van der Waals surface area contributed by atoms with Gasteiger partial charge in [-0.1, -0.05) is 49.5 Å². The quantitative estimate of drug-likeness (QED) is 0.449. The number of rotatable bonds is 5. The van der Waals surface area contributed by atoms with Crippen LogP contribution in [0.25, 0.3) is 0 Å². The molecule has 4 aliphatic rings. The second-order valence-corrected chi connectivity index (χ2v) is 12.0. The zero-order chi connectivity index (χ0) is 19.2. The fraction of sp³-hybridized carbons (Fsp3) is 1.00. The lowest BCUT2D eigenvalue weighted by atomic mass is 9.48. The highest BCUT2D eigenvalue weighted by Crippen LogP contribution is 2.65. The van der Waals surface area contributed by atoms with E-state index in [4.69, 9.17) is 0 Å². The Hall–Kier alpha value is 0.440. The van der Waals surface area contributed by atoms with Crippen molar-refractivity contribution >= 4 is 15.9 Å². The van der Waals surface area contributed by atoms with E-state index in [2.05, 4.69) is 36.7 Å². The molecule has 27 heavy (non-hydrogen) atoms. The molecule has 0 bridgehead atoms. The Morgan fingerprint density at radius 1 is 1.00 bits per heavy atom. The second-order valence-electron chi connectivity index (χ2n) is 11.4. The van der Waals surface area contributed by atoms with Crippen molar-refractivity contribution in [2.75, 3.05) is 5.33 Å². The maximum absolute atomic E-state index is 11.1. The van der Waals surface area contributed by atoms with E-state index in [0.717, 1.165) is 60.7 Å². The van der Waals surface area contributed by atoms with Crippen molar-refractivity contribution in [3.8, 4) is 0 Å². The molecule has 0 spiro atoms. The number of halogens is 1. The van der Waals surface area contributed by atoms with E-state index in [1.54, 1.807) is 0 Å². The summed E-state index contributed by atoms with van der Waals surface area (Å²) in [4.78, 5) is 0. The molecule has 4 aliphatic carbocycles. The smallest absolute Gasteiger partial charge is 0.0650 e. The van der Waals surface area contributed by atoms with Crippen LogP contribution in [-0.4, -0.2) is 16.0 Å². The van der Waals surface area contributed by atoms with Gasteiger partial charge in [0, 0.05) is 5.33 Å². The minimum absolute atomic E-state index is 0.322. The zero-order valence-corrected chi connectivity index (χ0v) is 19.6. The van der Waals surface area contributed by atoms with Crippen LogP contribution in [0.15, 0.2) is 0 Å². The Labute approximate surface area is 176 Å². The first-order valence-corrected chi connectivity index (χ1v) is 13.3. The first-order chi connectivity index (χ1) is 12.9. The zero-order valence-electron chi connectivity index (χ0n) is 18.1. The molecule has 1 nitrogen and oxygen atoms in total. The number of alkyl halides is 1. The molecule has 2 heteroatoms. The molecule has 0 heterocycles. The van der Waals surface area contributed by atoms with Gasteiger partial charge in [0.05, 0.1) is 5.60 Å². The average Bonchev–Trinajstić information content (AvgIpc) is 3.02. The van der Waals surface area contributed by atoms with Crippen molar-refractivity contribution in [1.29, 1.82) is 0 Å². The van der Waals surface area contributed by atoms with Crippen LogP contribution >= 0.6 is 15.9 Å². The van der Waals surface area contributed by atoms with Gasteiger partial charge in [-0.2, -0.15) is 0 Å². The van der Waals surface area contributed by atoms with Crippen molar-refractivity contribution in [3.63, 3.8) is 0 Å². The third kappa shape index (κ3) is 3.58. The van der Waals surface area contributed by atoms with Crippen LogP contribution in [0.5, 0.6) is 0 Å². The maximum atomic E-state index is 11.1. The van der Waals surface area contributed by atoms with E-state index in [1.165, 1.54) is 63.1 Å². The summed E-state index contributed by atoms with van der Waals surface area (Å²) in [5.41, 5.74) is 0.286. The molecular formula is C25H43BrO. The number of unbranched alkanes of at least 4 members (excludes halogenated alkanes) is 1. The summed E-state index contributed by atoms with van der Waals surface area (Å²) in [5.74, 6) is 6.49. The third-order valence-corrected chi connectivity index (χ3v) is 11.1. The molecule has 4 saturated carbocycles. The van der Waals surface area contributed by atoms with Crippen LogP contribution in [0.1, 0.15) is 97.8 Å². The Balaban J connectivity index is 1.46. The van der Waals surface area contributed by atoms with Crippen molar-refractivity contribution in [1.82, 2.24) is 0 Å². The SMILES string of the molecule is CCCC[C@@]1(O)CC[C@H]2[C@H](CC[C@@H]3[C@@H]2CC[C@]2(C)[C@@H](C(C)CBr)CC[C@@H]32)C1. The Bertz CT molecular complexity index is 520. The molecule has 156 valence electrons. The molecule has 0 aromatic rings.